The summed E-state index contributed by atoms with van der Waals surface area (Å²) in [5.74, 6) is 0.964. The summed E-state index contributed by atoms with van der Waals surface area (Å²) < 4.78 is 5.04. The molecule has 3 nitrogen and oxygen atoms in total. The molecule has 3 heteroatoms. The summed E-state index contributed by atoms with van der Waals surface area (Å²) in [4.78, 5) is 12.2. The Morgan fingerprint density at radius 3 is 2.65 bits per heavy atom. The van der Waals surface area contributed by atoms with E-state index in [0.717, 1.165) is 25.7 Å². The smallest absolute Gasteiger partial charge is 0.326 e. The minimum atomic E-state index is -0.462. The van der Waals surface area contributed by atoms with Gasteiger partial charge in [-0.15, -0.1) is 0 Å². The topological polar surface area (TPSA) is 38.3 Å². The summed E-state index contributed by atoms with van der Waals surface area (Å²) in [5.41, 5.74) is -0.462. The fraction of sp³-hybridized carbons (Fsp3) is 0.929. The molecule has 1 N–H and O–H groups in total. The van der Waals surface area contributed by atoms with Gasteiger partial charge in [0.15, 0.2) is 0 Å². The molecule has 1 aliphatic carbocycles. The Morgan fingerprint density at radius 2 is 2.18 bits per heavy atom. The van der Waals surface area contributed by atoms with E-state index < -0.39 is 5.54 Å². The largest absolute Gasteiger partial charge is 0.468 e. The number of rotatable bonds is 4. The lowest BCUT2D eigenvalue weighted by Crippen LogP contribution is -2.61. The van der Waals surface area contributed by atoms with Gasteiger partial charge in [0.2, 0.25) is 0 Å². The van der Waals surface area contributed by atoms with Crippen molar-refractivity contribution in [2.45, 2.75) is 65.0 Å². The Labute approximate surface area is 105 Å². The predicted octanol–water partition coefficient (Wildman–Crippen LogP) is 2.74. The molecule has 0 radical (unpaired) electrons. The maximum absolute atomic E-state index is 12.2. The highest BCUT2D eigenvalue weighted by Gasteiger charge is 2.47. The molecule has 0 heterocycles. The highest BCUT2D eigenvalue weighted by atomic mass is 16.5. The molecule has 1 rings (SSSR count). The van der Waals surface area contributed by atoms with E-state index in [-0.39, 0.29) is 5.97 Å². The summed E-state index contributed by atoms with van der Waals surface area (Å²) in [7, 11) is 1.49. The second kappa shape index (κ2) is 5.85. The molecule has 4 unspecified atom stereocenters. The van der Waals surface area contributed by atoms with Gasteiger partial charge in [-0.2, -0.15) is 0 Å². The first kappa shape index (κ1) is 14.5. The van der Waals surface area contributed by atoms with Crippen LogP contribution in [0.3, 0.4) is 0 Å². The molecule has 0 aromatic carbocycles. The Bertz CT molecular complexity index is 267. The Kier molecular flexibility index (Phi) is 4.99. The number of nitrogens with one attached hydrogen (secondary N) is 1. The van der Waals surface area contributed by atoms with Gasteiger partial charge in [-0.1, -0.05) is 20.8 Å². The lowest BCUT2D eigenvalue weighted by molar-refractivity contribution is -0.154. The normalized spacial score (nSPS) is 35.4. The number of ether oxygens (including phenoxy) is 1. The van der Waals surface area contributed by atoms with Gasteiger partial charge < -0.3 is 4.74 Å². The highest BCUT2D eigenvalue weighted by molar-refractivity contribution is 5.81. The minimum absolute atomic E-state index is 0.0859. The first-order valence-corrected chi connectivity index (χ1v) is 6.82. The lowest BCUT2D eigenvalue weighted by Gasteiger charge is -2.44. The summed E-state index contributed by atoms with van der Waals surface area (Å²) in [5, 5.41) is 3.53. The number of methoxy groups -OCH3 is 1. The van der Waals surface area contributed by atoms with Crippen LogP contribution in [0.2, 0.25) is 0 Å². The lowest BCUT2D eigenvalue weighted by atomic mass is 9.69. The van der Waals surface area contributed by atoms with E-state index >= 15 is 0 Å². The van der Waals surface area contributed by atoms with Crippen LogP contribution in [0.15, 0.2) is 0 Å². The van der Waals surface area contributed by atoms with Crippen molar-refractivity contribution < 1.29 is 9.53 Å². The molecule has 0 amide bonds. The molecular formula is C14H27NO2. The van der Waals surface area contributed by atoms with Crippen molar-refractivity contribution in [1.29, 1.82) is 0 Å². The number of esters is 1. The zero-order valence-corrected chi connectivity index (χ0v) is 11.9. The average molecular weight is 241 g/mol. The second-order valence-electron chi connectivity index (χ2n) is 5.70. The Hall–Kier alpha value is -0.570. The van der Waals surface area contributed by atoms with E-state index in [4.69, 9.17) is 4.74 Å². The fourth-order valence-corrected chi connectivity index (χ4v) is 2.94. The van der Waals surface area contributed by atoms with E-state index in [1.54, 1.807) is 0 Å². The maximum Gasteiger partial charge on any atom is 0.326 e. The van der Waals surface area contributed by atoms with E-state index in [9.17, 15) is 4.79 Å². The van der Waals surface area contributed by atoms with Crippen molar-refractivity contribution in [3.05, 3.63) is 0 Å². The van der Waals surface area contributed by atoms with Crippen LogP contribution in [0.4, 0.5) is 0 Å². The Morgan fingerprint density at radius 1 is 1.53 bits per heavy atom. The van der Waals surface area contributed by atoms with E-state index in [0.29, 0.717) is 17.9 Å². The molecule has 0 aromatic rings. The van der Waals surface area contributed by atoms with Crippen LogP contribution in [-0.2, 0) is 9.53 Å². The number of hydrogen-bond acceptors (Lipinski definition) is 3. The fourth-order valence-electron chi connectivity index (χ4n) is 2.94. The van der Waals surface area contributed by atoms with E-state index in [2.05, 4.69) is 33.0 Å². The second-order valence-corrected chi connectivity index (χ2v) is 5.70. The van der Waals surface area contributed by atoms with Gasteiger partial charge in [-0.25, -0.2) is 0 Å². The van der Waals surface area contributed by atoms with Gasteiger partial charge in [0.25, 0.3) is 0 Å². The number of carbonyl (C=O) groups excluding carboxylic acids is 1. The minimum Gasteiger partial charge on any atom is -0.468 e. The third-order valence-electron chi connectivity index (χ3n) is 4.29. The summed E-state index contributed by atoms with van der Waals surface area (Å²) >= 11 is 0. The van der Waals surface area contributed by atoms with Crippen LogP contribution in [-0.4, -0.2) is 24.7 Å². The van der Waals surface area contributed by atoms with Crippen LogP contribution in [0, 0.1) is 11.8 Å². The predicted molar refractivity (Wildman–Crippen MR) is 69.8 cm³/mol. The first-order chi connectivity index (χ1) is 7.96. The van der Waals surface area contributed by atoms with Crippen molar-refractivity contribution >= 4 is 5.97 Å². The van der Waals surface area contributed by atoms with Crippen LogP contribution in [0.25, 0.3) is 0 Å². The maximum atomic E-state index is 12.2. The summed E-state index contributed by atoms with van der Waals surface area (Å²) in [6.07, 6.45) is 4.12. The van der Waals surface area contributed by atoms with Crippen LogP contribution >= 0.6 is 0 Å². The van der Waals surface area contributed by atoms with E-state index in [1.165, 1.54) is 7.11 Å². The molecule has 17 heavy (non-hydrogen) atoms. The van der Waals surface area contributed by atoms with Gasteiger partial charge in [0.1, 0.15) is 5.54 Å². The van der Waals surface area contributed by atoms with Crippen molar-refractivity contribution in [1.82, 2.24) is 5.32 Å². The van der Waals surface area contributed by atoms with E-state index in [1.807, 2.05) is 0 Å². The molecule has 1 aliphatic rings. The standard InChI is InChI=1S/C14H27NO2/c1-6-12(4)15-14(13(16)17-5)8-7-10(2)9-11(14)3/h10-12,15H,6-9H2,1-5H3. The van der Waals surface area contributed by atoms with Crippen molar-refractivity contribution in [3.63, 3.8) is 0 Å². The molecule has 0 bridgehead atoms. The third kappa shape index (κ3) is 3.01. The average Bonchev–Trinajstić information content (AvgIpc) is 2.31. The SMILES string of the molecule is CCC(C)NC1(C(=O)OC)CCC(C)CC1C. The van der Waals surface area contributed by atoms with Gasteiger partial charge in [-0.05, 0) is 44.4 Å². The van der Waals surface area contributed by atoms with Crippen LogP contribution in [0.5, 0.6) is 0 Å². The molecule has 1 fully saturated rings. The van der Waals surface area contributed by atoms with Gasteiger partial charge in [0.05, 0.1) is 7.11 Å². The molecule has 0 spiro atoms. The quantitative estimate of drug-likeness (QED) is 0.769. The monoisotopic (exact) mass is 241 g/mol. The first-order valence-electron chi connectivity index (χ1n) is 6.82. The summed E-state index contributed by atoms with van der Waals surface area (Å²) in [6.45, 7) is 8.71. The molecule has 1 saturated carbocycles. The third-order valence-corrected chi connectivity index (χ3v) is 4.29. The molecule has 0 aromatic heterocycles. The van der Waals surface area contributed by atoms with Gasteiger partial charge in [-0.3, -0.25) is 10.1 Å². The molecule has 0 aliphatic heterocycles. The molecule has 100 valence electrons. The molecule has 4 atom stereocenters. The summed E-state index contributed by atoms with van der Waals surface area (Å²) in [6, 6.07) is 0.352. The van der Waals surface area contributed by atoms with Crippen molar-refractivity contribution in [3.8, 4) is 0 Å². The van der Waals surface area contributed by atoms with Crippen LogP contribution < -0.4 is 5.32 Å². The number of hydrogen-bond donors (Lipinski definition) is 1. The van der Waals surface area contributed by atoms with Crippen molar-refractivity contribution in [2.24, 2.45) is 11.8 Å². The zero-order valence-electron chi connectivity index (χ0n) is 11.9. The Balaban J connectivity index is 2.89. The highest BCUT2D eigenvalue weighted by Crippen LogP contribution is 2.38. The van der Waals surface area contributed by atoms with Crippen molar-refractivity contribution in [2.75, 3.05) is 7.11 Å². The zero-order chi connectivity index (χ0) is 13.1. The number of carbonyl (C=O) groups is 1. The van der Waals surface area contributed by atoms with Gasteiger partial charge >= 0.3 is 5.97 Å². The van der Waals surface area contributed by atoms with Gasteiger partial charge in [0, 0.05) is 6.04 Å². The molecule has 0 saturated heterocycles. The van der Waals surface area contributed by atoms with Crippen LogP contribution in [0.1, 0.15) is 53.4 Å². The molecular weight excluding hydrogens is 214 g/mol.